The van der Waals surface area contributed by atoms with Crippen molar-refractivity contribution in [1.82, 2.24) is 0 Å². The van der Waals surface area contributed by atoms with E-state index >= 15 is 0 Å². The normalized spacial score (nSPS) is 11.6. The fourth-order valence-corrected chi connectivity index (χ4v) is 1.20. The lowest BCUT2D eigenvalue weighted by Gasteiger charge is -2.15. The van der Waals surface area contributed by atoms with Crippen molar-refractivity contribution in [3.8, 4) is 0 Å². The molecule has 0 heterocycles. The minimum absolute atomic E-state index is 0.202. The van der Waals surface area contributed by atoms with E-state index in [-0.39, 0.29) is 18.6 Å². The summed E-state index contributed by atoms with van der Waals surface area (Å²) in [6.45, 7) is 4.24. The predicted octanol–water partition coefficient (Wildman–Crippen LogP) is 3.20. The van der Waals surface area contributed by atoms with Crippen LogP contribution in [0.5, 0.6) is 0 Å². The average molecular weight is 213 g/mol. The van der Waals surface area contributed by atoms with Crippen LogP contribution in [0.4, 0.5) is 0 Å². The van der Waals surface area contributed by atoms with Crippen LogP contribution >= 0.6 is 0 Å². The Kier molecular flexibility index (Phi) is 8.58. The summed E-state index contributed by atoms with van der Waals surface area (Å²) in [5.41, 5.74) is 8.20. The average Bonchev–Trinajstić information content (AvgIpc) is 2.22. The Labute approximate surface area is 90.4 Å². The maximum atomic E-state index is 11.2. The van der Waals surface area contributed by atoms with E-state index in [1.165, 1.54) is 0 Å². The number of azide groups is 1. The van der Waals surface area contributed by atoms with Crippen LogP contribution in [0.25, 0.3) is 10.4 Å². The lowest BCUT2D eigenvalue weighted by Crippen LogP contribution is -2.20. The highest BCUT2D eigenvalue weighted by Crippen LogP contribution is 2.07. The van der Waals surface area contributed by atoms with Gasteiger partial charge in [0.1, 0.15) is 6.10 Å². The molecule has 0 fully saturated rings. The van der Waals surface area contributed by atoms with Gasteiger partial charge >= 0.3 is 5.97 Å². The summed E-state index contributed by atoms with van der Waals surface area (Å²) in [4.78, 5) is 13.9. The van der Waals surface area contributed by atoms with Gasteiger partial charge in [0, 0.05) is 11.3 Å². The molecule has 86 valence electrons. The number of nitrogens with zero attached hydrogens (tertiary/aromatic N) is 3. The topological polar surface area (TPSA) is 75.1 Å². The fourth-order valence-electron chi connectivity index (χ4n) is 1.20. The number of esters is 1. The smallest absolute Gasteiger partial charge is 0.306 e. The van der Waals surface area contributed by atoms with Gasteiger partial charge in [0.05, 0.1) is 6.54 Å². The van der Waals surface area contributed by atoms with Gasteiger partial charge in [-0.3, -0.25) is 4.79 Å². The zero-order chi connectivity index (χ0) is 11.5. The molecule has 5 nitrogen and oxygen atoms in total. The molecule has 5 heteroatoms. The van der Waals surface area contributed by atoms with Crippen molar-refractivity contribution in [1.29, 1.82) is 0 Å². The molecule has 0 aromatic rings. The Balaban J connectivity index is 3.98. The fraction of sp³-hybridized carbons (Fsp3) is 0.900. The third-order valence-corrected chi connectivity index (χ3v) is 1.98. The maximum Gasteiger partial charge on any atom is 0.306 e. The molecule has 0 spiro atoms. The first-order valence-electron chi connectivity index (χ1n) is 5.44. The zero-order valence-electron chi connectivity index (χ0n) is 9.48. The first-order valence-corrected chi connectivity index (χ1v) is 5.44. The Morgan fingerprint density at radius 2 is 2.20 bits per heavy atom. The minimum Gasteiger partial charge on any atom is -0.462 e. The second-order valence-corrected chi connectivity index (χ2v) is 3.42. The number of hydrogen-bond acceptors (Lipinski definition) is 3. The summed E-state index contributed by atoms with van der Waals surface area (Å²) in [5.74, 6) is -0.202. The lowest BCUT2D eigenvalue weighted by molar-refractivity contribution is -0.149. The van der Waals surface area contributed by atoms with E-state index in [4.69, 9.17) is 10.3 Å². The van der Waals surface area contributed by atoms with Gasteiger partial charge in [0.15, 0.2) is 0 Å². The highest BCUT2D eigenvalue weighted by molar-refractivity contribution is 5.69. The zero-order valence-corrected chi connectivity index (χ0v) is 9.48. The second-order valence-electron chi connectivity index (χ2n) is 3.42. The van der Waals surface area contributed by atoms with Crippen molar-refractivity contribution in [2.24, 2.45) is 5.11 Å². The van der Waals surface area contributed by atoms with Gasteiger partial charge in [-0.05, 0) is 18.4 Å². The maximum absolute atomic E-state index is 11.2. The van der Waals surface area contributed by atoms with Crippen LogP contribution in [0.15, 0.2) is 5.11 Å². The van der Waals surface area contributed by atoms with Crippen LogP contribution in [0.1, 0.15) is 46.0 Å². The van der Waals surface area contributed by atoms with E-state index in [1.807, 2.05) is 6.92 Å². The number of rotatable bonds is 8. The van der Waals surface area contributed by atoms with Gasteiger partial charge < -0.3 is 4.74 Å². The van der Waals surface area contributed by atoms with Gasteiger partial charge in [-0.15, -0.1) is 0 Å². The SMILES string of the molecule is CCCC[C@H](CN=[N+]=[N-])OC(=O)CCC. The van der Waals surface area contributed by atoms with Crippen LogP contribution in [0, 0.1) is 0 Å². The van der Waals surface area contributed by atoms with Crippen molar-refractivity contribution in [3.63, 3.8) is 0 Å². The number of carbonyl (C=O) groups excluding carboxylic acids is 1. The van der Waals surface area contributed by atoms with Crippen LogP contribution in [0.2, 0.25) is 0 Å². The van der Waals surface area contributed by atoms with E-state index in [0.29, 0.717) is 6.42 Å². The number of carbonyl (C=O) groups is 1. The molecule has 0 bridgehead atoms. The van der Waals surface area contributed by atoms with Gasteiger partial charge in [-0.1, -0.05) is 31.8 Å². The quantitative estimate of drug-likeness (QED) is 0.269. The van der Waals surface area contributed by atoms with E-state index in [2.05, 4.69) is 16.9 Å². The summed E-state index contributed by atoms with van der Waals surface area (Å²) in [6.07, 6.45) is 3.74. The van der Waals surface area contributed by atoms with Crippen molar-refractivity contribution >= 4 is 5.97 Å². The third-order valence-electron chi connectivity index (χ3n) is 1.98. The molecule has 0 N–H and O–H groups in total. The van der Waals surface area contributed by atoms with E-state index in [1.54, 1.807) is 0 Å². The minimum atomic E-state index is -0.250. The lowest BCUT2D eigenvalue weighted by atomic mass is 10.1. The standard InChI is InChI=1S/C10H19N3O2/c1-3-5-7-9(8-12-13-11)15-10(14)6-4-2/h9H,3-8H2,1-2H3/t9-/m1/s1. The molecule has 0 aliphatic heterocycles. The molecule has 0 saturated heterocycles. The molecule has 1 atom stereocenters. The molecule has 0 aliphatic carbocycles. The molecule has 0 aromatic heterocycles. The molecule has 0 rings (SSSR count). The number of ether oxygens (including phenoxy) is 1. The third kappa shape index (κ3) is 7.82. The summed E-state index contributed by atoms with van der Waals surface area (Å²) in [5, 5.41) is 3.44. The first-order chi connectivity index (χ1) is 7.24. The van der Waals surface area contributed by atoms with Crippen molar-refractivity contribution in [3.05, 3.63) is 10.4 Å². The Morgan fingerprint density at radius 1 is 1.47 bits per heavy atom. The summed E-state index contributed by atoms with van der Waals surface area (Å²) >= 11 is 0. The van der Waals surface area contributed by atoms with Crippen molar-refractivity contribution in [2.75, 3.05) is 6.54 Å². The van der Waals surface area contributed by atoms with Crippen LogP contribution in [-0.4, -0.2) is 18.6 Å². The summed E-state index contributed by atoms with van der Waals surface area (Å²) in [6, 6.07) is 0. The van der Waals surface area contributed by atoms with Crippen LogP contribution in [-0.2, 0) is 9.53 Å². The molecule has 0 aliphatic rings. The highest BCUT2D eigenvalue weighted by Gasteiger charge is 2.12. The van der Waals surface area contributed by atoms with Crippen molar-refractivity contribution < 1.29 is 9.53 Å². The molecule has 15 heavy (non-hydrogen) atoms. The molecule has 0 aromatic carbocycles. The Morgan fingerprint density at radius 3 is 2.73 bits per heavy atom. The number of unbranched alkanes of at least 4 members (excludes halogenated alkanes) is 1. The highest BCUT2D eigenvalue weighted by atomic mass is 16.5. The van der Waals surface area contributed by atoms with E-state index in [0.717, 1.165) is 25.7 Å². The van der Waals surface area contributed by atoms with Crippen molar-refractivity contribution in [2.45, 2.75) is 52.1 Å². The van der Waals surface area contributed by atoms with Gasteiger partial charge in [0.25, 0.3) is 0 Å². The number of hydrogen-bond donors (Lipinski definition) is 0. The Bertz CT molecular complexity index is 225. The molecular formula is C10H19N3O2. The first kappa shape index (κ1) is 13.8. The van der Waals surface area contributed by atoms with E-state index < -0.39 is 0 Å². The van der Waals surface area contributed by atoms with Crippen LogP contribution in [0.3, 0.4) is 0 Å². The van der Waals surface area contributed by atoms with Gasteiger partial charge in [0.2, 0.25) is 0 Å². The molecule has 0 unspecified atom stereocenters. The van der Waals surface area contributed by atoms with Crippen LogP contribution < -0.4 is 0 Å². The monoisotopic (exact) mass is 213 g/mol. The molecule has 0 radical (unpaired) electrons. The summed E-state index contributed by atoms with van der Waals surface area (Å²) < 4.78 is 5.19. The predicted molar refractivity (Wildman–Crippen MR) is 58.3 cm³/mol. The second kappa shape index (κ2) is 9.34. The van der Waals surface area contributed by atoms with Gasteiger partial charge in [-0.25, -0.2) is 0 Å². The summed E-state index contributed by atoms with van der Waals surface area (Å²) in [7, 11) is 0. The van der Waals surface area contributed by atoms with Gasteiger partial charge in [-0.2, -0.15) is 0 Å². The molecule has 0 amide bonds. The largest absolute Gasteiger partial charge is 0.462 e. The molecule has 0 saturated carbocycles. The Hall–Kier alpha value is -1.22. The molecular weight excluding hydrogens is 194 g/mol. The van der Waals surface area contributed by atoms with E-state index in [9.17, 15) is 4.79 Å².